The number of carbonyl (C=O) groups is 1. The summed E-state index contributed by atoms with van der Waals surface area (Å²) in [6.45, 7) is 0.503. The molecule has 0 unspecified atom stereocenters. The highest BCUT2D eigenvalue weighted by molar-refractivity contribution is 5.70. The van der Waals surface area contributed by atoms with Gasteiger partial charge >= 0.3 is 5.97 Å². The lowest BCUT2D eigenvalue weighted by atomic mass is 9.87. The molecule has 0 spiro atoms. The molecule has 0 heterocycles. The van der Waals surface area contributed by atoms with Crippen molar-refractivity contribution in [2.24, 2.45) is 5.92 Å². The monoisotopic (exact) mass is 294 g/mol. The molecule has 1 N–H and O–H groups in total. The number of methoxy groups -OCH3 is 2. The molecule has 21 heavy (non-hydrogen) atoms. The first kappa shape index (κ1) is 15.6. The lowest BCUT2D eigenvalue weighted by Crippen LogP contribution is -2.25. The molecule has 2 rings (SSSR count). The van der Waals surface area contributed by atoms with Crippen LogP contribution in [0.3, 0.4) is 0 Å². The van der Waals surface area contributed by atoms with Crippen molar-refractivity contribution >= 4 is 5.97 Å². The molecule has 116 valence electrons. The minimum atomic E-state index is -0.687. The molecule has 0 amide bonds. The van der Waals surface area contributed by atoms with Gasteiger partial charge in [-0.05, 0) is 43.4 Å². The minimum Gasteiger partial charge on any atom is -0.493 e. The Bertz CT molecular complexity index is 478. The van der Waals surface area contributed by atoms with Gasteiger partial charge in [-0.2, -0.15) is 0 Å². The Morgan fingerprint density at radius 1 is 1.14 bits per heavy atom. The van der Waals surface area contributed by atoms with E-state index in [1.807, 2.05) is 18.2 Å². The SMILES string of the molecule is COc1ccc(COC2CCC(C(=O)O)CC2)cc1OC. The van der Waals surface area contributed by atoms with Crippen molar-refractivity contribution < 1.29 is 24.1 Å². The van der Waals surface area contributed by atoms with E-state index in [-0.39, 0.29) is 12.0 Å². The van der Waals surface area contributed by atoms with Crippen LogP contribution in [0.15, 0.2) is 18.2 Å². The maximum absolute atomic E-state index is 10.9. The zero-order valence-electron chi connectivity index (χ0n) is 12.5. The van der Waals surface area contributed by atoms with Gasteiger partial charge in [0.25, 0.3) is 0 Å². The Hall–Kier alpha value is -1.75. The first-order valence-corrected chi connectivity index (χ1v) is 7.19. The molecule has 1 aliphatic rings. The summed E-state index contributed by atoms with van der Waals surface area (Å²) in [7, 11) is 3.21. The molecule has 1 aromatic carbocycles. The Labute approximate surface area is 124 Å². The second-order valence-electron chi connectivity index (χ2n) is 5.31. The number of ether oxygens (including phenoxy) is 3. The Morgan fingerprint density at radius 3 is 2.38 bits per heavy atom. The third kappa shape index (κ3) is 4.11. The molecule has 1 aromatic rings. The third-order valence-electron chi connectivity index (χ3n) is 3.96. The number of benzene rings is 1. The van der Waals surface area contributed by atoms with E-state index in [2.05, 4.69) is 0 Å². The van der Waals surface area contributed by atoms with Gasteiger partial charge in [-0.25, -0.2) is 0 Å². The van der Waals surface area contributed by atoms with E-state index in [4.69, 9.17) is 19.3 Å². The van der Waals surface area contributed by atoms with Gasteiger partial charge < -0.3 is 19.3 Å². The highest BCUT2D eigenvalue weighted by Crippen LogP contribution is 2.30. The van der Waals surface area contributed by atoms with Crippen LogP contribution in [0.4, 0.5) is 0 Å². The van der Waals surface area contributed by atoms with Crippen molar-refractivity contribution in [2.75, 3.05) is 14.2 Å². The predicted octanol–water partition coefficient (Wildman–Crippen LogP) is 2.86. The number of hydrogen-bond acceptors (Lipinski definition) is 4. The minimum absolute atomic E-state index is 0.147. The number of carboxylic acids is 1. The topological polar surface area (TPSA) is 65.0 Å². The normalized spacial score (nSPS) is 21.8. The molecule has 0 aliphatic heterocycles. The van der Waals surface area contributed by atoms with E-state index in [0.717, 1.165) is 18.4 Å². The first-order chi connectivity index (χ1) is 10.1. The lowest BCUT2D eigenvalue weighted by molar-refractivity contribution is -0.143. The van der Waals surface area contributed by atoms with Crippen molar-refractivity contribution in [1.82, 2.24) is 0 Å². The molecule has 0 bridgehead atoms. The summed E-state index contributed by atoms with van der Waals surface area (Å²) in [6.07, 6.45) is 3.17. The number of aliphatic carboxylic acids is 1. The largest absolute Gasteiger partial charge is 0.493 e. The van der Waals surface area contributed by atoms with Gasteiger partial charge in [0.15, 0.2) is 11.5 Å². The molecule has 0 saturated heterocycles. The summed E-state index contributed by atoms with van der Waals surface area (Å²) in [4.78, 5) is 10.9. The predicted molar refractivity (Wildman–Crippen MR) is 77.7 cm³/mol. The summed E-state index contributed by atoms with van der Waals surface area (Å²) < 4.78 is 16.3. The molecule has 1 fully saturated rings. The fourth-order valence-electron chi connectivity index (χ4n) is 2.66. The zero-order valence-corrected chi connectivity index (χ0v) is 12.5. The van der Waals surface area contributed by atoms with Crippen molar-refractivity contribution in [3.63, 3.8) is 0 Å². The average molecular weight is 294 g/mol. The number of hydrogen-bond donors (Lipinski definition) is 1. The highest BCUT2D eigenvalue weighted by Gasteiger charge is 2.26. The first-order valence-electron chi connectivity index (χ1n) is 7.19. The molecule has 1 saturated carbocycles. The fourth-order valence-corrected chi connectivity index (χ4v) is 2.66. The van der Waals surface area contributed by atoms with E-state index in [1.54, 1.807) is 14.2 Å². The van der Waals surface area contributed by atoms with Gasteiger partial charge in [0, 0.05) is 0 Å². The maximum atomic E-state index is 10.9. The quantitative estimate of drug-likeness (QED) is 0.874. The summed E-state index contributed by atoms with van der Waals surface area (Å²) in [6, 6.07) is 5.71. The van der Waals surface area contributed by atoms with Gasteiger partial charge in [-0.1, -0.05) is 6.07 Å². The van der Waals surface area contributed by atoms with Crippen molar-refractivity contribution in [2.45, 2.75) is 38.4 Å². The summed E-state index contributed by atoms with van der Waals surface area (Å²) >= 11 is 0. The summed E-state index contributed by atoms with van der Waals surface area (Å²) in [5.74, 6) is 0.496. The number of rotatable bonds is 6. The Kier molecular flexibility index (Phi) is 5.44. The van der Waals surface area contributed by atoms with Crippen molar-refractivity contribution in [3.05, 3.63) is 23.8 Å². The molecule has 0 atom stereocenters. The Balaban J connectivity index is 1.85. The second-order valence-corrected chi connectivity index (χ2v) is 5.31. The van der Waals surface area contributed by atoms with Gasteiger partial charge in [-0.15, -0.1) is 0 Å². The molecule has 0 aromatic heterocycles. The van der Waals surface area contributed by atoms with Crippen molar-refractivity contribution in [3.8, 4) is 11.5 Å². The van der Waals surface area contributed by atoms with Crippen LogP contribution >= 0.6 is 0 Å². The van der Waals surface area contributed by atoms with E-state index < -0.39 is 5.97 Å². The van der Waals surface area contributed by atoms with Crippen LogP contribution < -0.4 is 9.47 Å². The standard InChI is InChI=1S/C16H22O5/c1-19-14-8-3-11(9-15(14)20-2)10-21-13-6-4-12(5-7-13)16(17)18/h3,8-9,12-13H,4-7,10H2,1-2H3,(H,17,18). The average Bonchev–Trinajstić information content (AvgIpc) is 2.52. The molecular weight excluding hydrogens is 272 g/mol. The second kappa shape index (κ2) is 7.31. The molecular formula is C16H22O5. The van der Waals surface area contributed by atoms with E-state index in [1.165, 1.54) is 0 Å². The van der Waals surface area contributed by atoms with Crippen LogP contribution in [0.25, 0.3) is 0 Å². The Morgan fingerprint density at radius 2 is 1.81 bits per heavy atom. The van der Waals surface area contributed by atoms with E-state index in [0.29, 0.717) is 30.9 Å². The third-order valence-corrected chi connectivity index (χ3v) is 3.96. The summed E-state index contributed by atoms with van der Waals surface area (Å²) in [5.41, 5.74) is 1.02. The van der Waals surface area contributed by atoms with Gasteiger partial charge in [0.05, 0.1) is 32.8 Å². The fraction of sp³-hybridized carbons (Fsp3) is 0.562. The van der Waals surface area contributed by atoms with E-state index in [9.17, 15) is 4.79 Å². The highest BCUT2D eigenvalue weighted by atomic mass is 16.5. The van der Waals surface area contributed by atoms with Gasteiger partial charge in [-0.3, -0.25) is 4.79 Å². The molecule has 5 heteroatoms. The molecule has 5 nitrogen and oxygen atoms in total. The van der Waals surface area contributed by atoms with Gasteiger partial charge in [0.2, 0.25) is 0 Å². The lowest BCUT2D eigenvalue weighted by Gasteiger charge is -2.26. The maximum Gasteiger partial charge on any atom is 0.306 e. The van der Waals surface area contributed by atoms with Crippen LogP contribution in [0.5, 0.6) is 11.5 Å². The molecule has 1 aliphatic carbocycles. The van der Waals surface area contributed by atoms with Gasteiger partial charge in [0.1, 0.15) is 0 Å². The summed E-state index contributed by atoms with van der Waals surface area (Å²) in [5, 5.41) is 8.97. The van der Waals surface area contributed by atoms with E-state index >= 15 is 0 Å². The number of carboxylic acid groups (broad SMARTS) is 1. The van der Waals surface area contributed by atoms with Crippen LogP contribution in [0.1, 0.15) is 31.2 Å². The smallest absolute Gasteiger partial charge is 0.306 e. The van der Waals surface area contributed by atoms with Crippen molar-refractivity contribution in [1.29, 1.82) is 0 Å². The zero-order chi connectivity index (χ0) is 15.2. The van der Waals surface area contributed by atoms with Crippen LogP contribution in [-0.4, -0.2) is 31.4 Å². The molecule has 0 radical (unpaired) electrons. The van der Waals surface area contributed by atoms with Crippen LogP contribution in [0, 0.1) is 5.92 Å². The van der Waals surface area contributed by atoms with Crippen LogP contribution in [-0.2, 0) is 16.1 Å². The van der Waals surface area contributed by atoms with Crippen LogP contribution in [0.2, 0.25) is 0 Å².